The lowest BCUT2D eigenvalue weighted by Crippen LogP contribution is -2.40. The highest BCUT2D eigenvalue weighted by Gasteiger charge is 2.34. The predicted octanol–water partition coefficient (Wildman–Crippen LogP) is 0.448. The second-order valence-corrected chi connectivity index (χ2v) is 4.19. The summed E-state index contributed by atoms with van der Waals surface area (Å²) in [5.41, 5.74) is 0. The Labute approximate surface area is 71.5 Å². The van der Waals surface area contributed by atoms with E-state index < -0.39 is 5.79 Å². The molecular weight excluding hydrogens is 168 g/mol. The van der Waals surface area contributed by atoms with E-state index in [1.165, 1.54) is 0 Å². The molecule has 4 heteroatoms. The highest BCUT2D eigenvalue weighted by molar-refractivity contribution is 7.85. The molecule has 0 heterocycles. The first-order valence-corrected chi connectivity index (χ1v) is 4.35. The Morgan fingerprint density at radius 1 is 1.20 bits per heavy atom. The fraction of sp³-hybridized carbons (Fsp3) is 1.00. The van der Waals surface area contributed by atoms with Gasteiger partial charge in [-0.2, -0.15) is 25.3 Å². The van der Waals surface area contributed by atoms with Crippen LogP contribution in [0.15, 0.2) is 0 Å². The van der Waals surface area contributed by atoms with Crippen molar-refractivity contribution in [1.29, 1.82) is 0 Å². The maximum atomic E-state index is 9.14. The van der Waals surface area contributed by atoms with E-state index in [9.17, 15) is 0 Å². The molecule has 2 atom stereocenters. The first-order chi connectivity index (χ1) is 4.51. The van der Waals surface area contributed by atoms with Gasteiger partial charge in [0, 0.05) is 23.3 Å². The van der Waals surface area contributed by atoms with Crippen LogP contribution < -0.4 is 0 Å². The summed E-state index contributed by atoms with van der Waals surface area (Å²) in [5, 5.41) is 18.5. The highest BCUT2D eigenvalue weighted by atomic mass is 32.1. The molecule has 0 aromatic rings. The second kappa shape index (κ2) is 2.93. The second-order valence-electron chi connectivity index (χ2n) is 2.86. The SMILES string of the molecule is OC1(O)CCC(S)C(S)C1. The minimum atomic E-state index is -1.49. The molecule has 60 valence electrons. The summed E-state index contributed by atoms with van der Waals surface area (Å²) in [6.07, 6.45) is 1.47. The number of thiol groups is 2. The van der Waals surface area contributed by atoms with Crippen molar-refractivity contribution in [3.05, 3.63) is 0 Å². The molecule has 0 aromatic carbocycles. The summed E-state index contributed by atoms with van der Waals surface area (Å²) in [7, 11) is 0. The van der Waals surface area contributed by atoms with E-state index >= 15 is 0 Å². The van der Waals surface area contributed by atoms with Crippen molar-refractivity contribution >= 4 is 25.3 Å². The zero-order valence-electron chi connectivity index (χ0n) is 5.56. The first kappa shape index (κ1) is 8.71. The van der Waals surface area contributed by atoms with Crippen LogP contribution in [0.3, 0.4) is 0 Å². The van der Waals surface area contributed by atoms with Gasteiger partial charge in [-0.3, -0.25) is 0 Å². The van der Waals surface area contributed by atoms with Crippen molar-refractivity contribution in [2.24, 2.45) is 0 Å². The Balaban J connectivity index is 2.49. The quantitative estimate of drug-likeness (QED) is 0.323. The van der Waals surface area contributed by atoms with Crippen molar-refractivity contribution in [2.45, 2.75) is 35.5 Å². The Morgan fingerprint density at radius 3 is 2.20 bits per heavy atom. The van der Waals surface area contributed by atoms with Crippen LogP contribution in [0, 0.1) is 0 Å². The van der Waals surface area contributed by atoms with Crippen LogP contribution >= 0.6 is 25.3 Å². The molecule has 1 fully saturated rings. The molecule has 0 spiro atoms. The van der Waals surface area contributed by atoms with Gasteiger partial charge in [-0.1, -0.05) is 0 Å². The van der Waals surface area contributed by atoms with E-state index in [2.05, 4.69) is 25.3 Å². The fourth-order valence-electron chi connectivity index (χ4n) is 1.14. The predicted molar refractivity (Wildman–Crippen MR) is 46.6 cm³/mol. The zero-order valence-corrected chi connectivity index (χ0v) is 7.35. The minimum absolute atomic E-state index is 0.00656. The molecule has 0 saturated heterocycles. The third-order valence-electron chi connectivity index (χ3n) is 1.82. The summed E-state index contributed by atoms with van der Waals surface area (Å²) >= 11 is 8.41. The van der Waals surface area contributed by atoms with Gasteiger partial charge in [0.2, 0.25) is 0 Å². The molecule has 0 radical (unpaired) electrons. The van der Waals surface area contributed by atoms with Gasteiger partial charge in [-0.15, -0.1) is 0 Å². The van der Waals surface area contributed by atoms with Gasteiger partial charge in [-0.25, -0.2) is 0 Å². The summed E-state index contributed by atoms with van der Waals surface area (Å²) in [4.78, 5) is 0. The molecule has 2 unspecified atom stereocenters. The average molecular weight is 180 g/mol. The molecule has 0 aromatic heterocycles. The molecule has 0 bridgehead atoms. The summed E-state index contributed by atoms with van der Waals surface area (Å²) in [5.74, 6) is -1.49. The molecule has 0 amide bonds. The van der Waals surface area contributed by atoms with Gasteiger partial charge in [-0.05, 0) is 6.42 Å². The molecule has 0 aliphatic heterocycles. The van der Waals surface area contributed by atoms with Gasteiger partial charge in [0.1, 0.15) is 0 Å². The first-order valence-electron chi connectivity index (χ1n) is 3.32. The molecule has 2 N–H and O–H groups in total. The highest BCUT2D eigenvalue weighted by Crippen LogP contribution is 2.31. The van der Waals surface area contributed by atoms with E-state index in [4.69, 9.17) is 10.2 Å². The molecule has 1 rings (SSSR count). The summed E-state index contributed by atoms with van der Waals surface area (Å²) in [6.45, 7) is 0. The van der Waals surface area contributed by atoms with Crippen molar-refractivity contribution in [2.75, 3.05) is 0 Å². The number of hydrogen-bond acceptors (Lipinski definition) is 4. The molecule has 2 nitrogen and oxygen atoms in total. The molecular formula is C6H12O2S2. The van der Waals surface area contributed by atoms with Gasteiger partial charge in [0.15, 0.2) is 5.79 Å². The van der Waals surface area contributed by atoms with Crippen LogP contribution in [0.25, 0.3) is 0 Å². The lowest BCUT2D eigenvalue weighted by molar-refractivity contribution is -0.177. The fourth-order valence-corrected chi connectivity index (χ4v) is 1.82. The number of hydrogen-bond donors (Lipinski definition) is 4. The number of aliphatic hydroxyl groups is 2. The van der Waals surface area contributed by atoms with Crippen molar-refractivity contribution in [1.82, 2.24) is 0 Å². The largest absolute Gasteiger partial charge is 0.366 e. The summed E-state index contributed by atoms with van der Waals surface area (Å²) < 4.78 is 0. The van der Waals surface area contributed by atoms with Gasteiger partial charge < -0.3 is 10.2 Å². The monoisotopic (exact) mass is 180 g/mol. The lowest BCUT2D eigenvalue weighted by Gasteiger charge is -2.33. The van der Waals surface area contributed by atoms with Crippen LogP contribution in [0.5, 0.6) is 0 Å². The van der Waals surface area contributed by atoms with Crippen molar-refractivity contribution < 1.29 is 10.2 Å². The van der Waals surface area contributed by atoms with Crippen LogP contribution in [-0.2, 0) is 0 Å². The maximum absolute atomic E-state index is 9.14. The molecule has 1 aliphatic rings. The van der Waals surface area contributed by atoms with Gasteiger partial charge >= 0.3 is 0 Å². The molecule has 1 saturated carbocycles. The van der Waals surface area contributed by atoms with E-state index in [1.54, 1.807) is 0 Å². The zero-order chi connectivity index (χ0) is 7.78. The van der Waals surface area contributed by atoms with Crippen LogP contribution in [0.2, 0.25) is 0 Å². The summed E-state index contributed by atoms with van der Waals surface area (Å²) in [6, 6.07) is 0. The Bertz CT molecular complexity index is 127. The van der Waals surface area contributed by atoms with E-state index in [0.29, 0.717) is 12.8 Å². The smallest absolute Gasteiger partial charge is 0.163 e. The average Bonchev–Trinajstić information content (AvgIpc) is 1.79. The molecule has 10 heavy (non-hydrogen) atoms. The van der Waals surface area contributed by atoms with Crippen molar-refractivity contribution in [3.63, 3.8) is 0 Å². The number of rotatable bonds is 0. The topological polar surface area (TPSA) is 40.5 Å². The Kier molecular flexibility index (Phi) is 2.55. The van der Waals surface area contributed by atoms with Crippen molar-refractivity contribution in [3.8, 4) is 0 Å². The van der Waals surface area contributed by atoms with Crippen LogP contribution in [0.4, 0.5) is 0 Å². The maximum Gasteiger partial charge on any atom is 0.163 e. The third kappa shape index (κ3) is 2.05. The van der Waals surface area contributed by atoms with Gasteiger partial charge in [0.05, 0.1) is 0 Å². The van der Waals surface area contributed by atoms with E-state index in [0.717, 1.165) is 6.42 Å². The normalized spacial score (nSPS) is 39.6. The standard InChI is InChI=1S/C6H12O2S2/c7-6(8)2-1-4(9)5(10)3-6/h4-5,7-10H,1-3H2. The Morgan fingerprint density at radius 2 is 1.80 bits per heavy atom. The third-order valence-corrected chi connectivity index (χ3v) is 3.22. The lowest BCUT2D eigenvalue weighted by atomic mass is 9.93. The minimum Gasteiger partial charge on any atom is -0.366 e. The van der Waals surface area contributed by atoms with Crippen LogP contribution in [-0.4, -0.2) is 26.5 Å². The van der Waals surface area contributed by atoms with Gasteiger partial charge in [0.25, 0.3) is 0 Å². The van der Waals surface area contributed by atoms with Crippen LogP contribution in [0.1, 0.15) is 19.3 Å². The van der Waals surface area contributed by atoms with E-state index in [1.807, 2.05) is 0 Å². The Hall–Kier alpha value is 0.620. The molecule has 1 aliphatic carbocycles. The van der Waals surface area contributed by atoms with E-state index in [-0.39, 0.29) is 10.5 Å².